The van der Waals surface area contributed by atoms with Gasteiger partial charge in [-0.25, -0.2) is 9.59 Å². The number of ether oxygens (including phenoxy) is 1. The van der Waals surface area contributed by atoms with Crippen LogP contribution in [0.5, 0.6) is 0 Å². The van der Waals surface area contributed by atoms with Crippen molar-refractivity contribution < 1.29 is 24.5 Å². The minimum Gasteiger partial charge on any atom is -0.473 e. The molecule has 1 aromatic carbocycles. The predicted octanol–water partition coefficient (Wildman–Crippen LogP) is 2.52. The minimum absolute atomic E-state index is 0.285. The topological polar surface area (TPSA) is 137 Å². The zero-order chi connectivity index (χ0) is 22.4. The standard InChI is InChI=1S/C19H26N4O.C2H2O4/c1-16(2)24-13-7-11-21-14-18-15-23(12-6-10-20)22-19(18)17-8-4-3-5-9-17;3-1(4)2(5)6/h3-5,8-9,15-16,21H,6-7,11-14H2,1-2H3;(H,3,4)(H,5,6). The summed E-state index contributed by atoms with van der Waals surface area (Å²) in [5.41, 5.74) is 3.25. The van der Waals surface area contributed by atoms with E-state index >= 15 is 0 Å². The Kier molecular flexibility index (Phi) is 11.5. The molecule has 0 aliphatic heterocycles. The highest BCUT2D eigenvalue weighted by molar-refractivity contribution is 6.27. The number of rotatable bonds is 10. The van der Waals surface area contributed by atoms with E-state index in [4.69, 9.17) is 29.8 Å². The molecule has 9 heteroatoms. The molecule has 2 rings (SSSR count). The van der Waals surface area contributed by atoms with Crippen LogP contribution < -0.4 is 5.32 Å². The van der Waals surface area contributed by atoms with Crippen LogP contribution in [0.4, 0.5) is 0 Å². The molecule has 0 amide bonds. The van der Waals surface area contributed by atoms with Crippen LogP contribution >= 0.6 is 0 Å². The maximum atomic E-state index is 9.10. The monoisotopic (exact) mass is 416 g/mol. The Bertz CT molecular complexity index is 816. The Morgan fingerprint density at radius 3 is 2.47 bits per heavy atom. The molecule has 0 atom stereocenters. The highest BCUT2D eigenvalue weighted by atomic mass is 16.5. The molecule has 0 saturated carbocycles. The van der Waals surface area contributed by atoms with E-state index in [1.165, 1.54) is 0 Å². The van der Waals surface area contributed by atoms with E-state index in [9.17, 15) is 0 Å². The fourth-order valence-corrected chi connectivity index (χ4v) is 2.45. The zero-order valence-corrected chi connectivity index (χ0v) is 17.2. The van der Waals surface area contributed by atoms with Crippen molar-refractivity contribution >= 4 is 11.9 Å². The molecule has 2 aromatic rings. The Morgan fingerprint density at radius 2 is 1.90 bits per heavy atom. The number of hydrogen-bond acceptors (Lipinski definition) is 6. The first-order valence-corrected chi connectivity index (χ1v) is 9.62. The molecule has 0 spiro atoms. The van der Waals surface area contributed by atoms with Gasteiger partial charge in [0.15, 0.2) is 0 Å². The third kappa shape index (κ3) is 9.82. The number of hydrogen-bond donors (Lipinski definition) is 3. The van der Waals surface area contributed by atoms with Crippen molar-refractivity contribution in [3.8, 4) is 17.3 Å². The van der Waals surface area contributed by atoms with Crippen molar-refractivity contribution in [2.45, 2.75) is 45.9 Å². The van der Waals surface area contributed by atoms with Crippen LogP contribution in [0.25, 0.3) is 11.3 Å². The van der Waals surface area contributed by atoms with Gasteiger partial charge in [-0.2, -0.15) is 10.4 Å². The van der Waals surface area contributed by atoms with Crippen LogP contribution in [0, 0.1) is 11.3 Å². The van der Waals surface area contributed by atoms with Gasteiger partial charge in [-0.3, -0.25) is 4.68 Å². The summed E-state index contributed by atoms with van der Waals surface area (Å²) in [5.74, 6) is -3.65. The Hall–Kier alpha value is -3.22. The molecule has 1 heterocycles. The van der Waals surface area contributed by atoms with Gasteiger partial charge in [0, 0.05) is 30.5 Å². The first-order valence-electron chi connectivity index (χ1n) is 9.62. The molecule has 0 radical (unpaired) electrons. The van der Waals surface area contributed by atoms with Crippen LogP contribution in [0.15, 0.2) is 36.5 Å². The maximum Gasteiger partial charge on any atom is 0.414 e. The summed E-state index contributed by atoms with van der Waals surface area (Å²) in [6.45, 7) is 7.17. The van der Waals surface area contributed by atoms with E-state index in [2.05, 4.69) is 42.5 Å². The average molecular weight is 416 g/mol. The normalized spacial score (nSPS) is 10.2. The van der Waals surface area contributed by atoms with Gasteiger partial charge >= 0.3 is 11.9 Å². The fourth-order valence-electron chi connectivity index (χ4n) is 2.45. The molecular formula is C21H28N4O5. The van der Waals surface area contributed by atoms with Gasteiger partial charge in [0.05, 0.1) is 30.8 Å². The molecule has 0 aliphatic rings. The summed E-state index contributed by atoms with van der Waals surface area (Å²) < 4.78 is 7.41. The third-order valence-corrected chi connectivity index (χ3v) is 3.78. The van der Waals surface area contributed by atoms with Crippen molar-refractivity contribution in [2.75, 3.05) is 13.2 Å². The summed E-state index contributed by atoms with van der Waals surface area (Å²) in [6.07, 6.45) is 3.78. The van der Waals surface area contributed by atoms with E-state index in [1.807, 2.05) is 29.1 Å². The van der Waals surface area contributed by atoms with Gasteiger partial charge in [-0.15, -0.1) is 0 Å². The SMILES string of the molecule is CC(C)OCCCNCc1cn(CCC#N)nc1-c1ccccc1.O=C(O)C(=O)O. The molecule has 30 heavy (non-hydrogen) atoms. The summed E-state index contributed by atoms with van der Waals surface area (Å²) in [4.78, 5) is 18.2. The maximum absolute atomic E-state index is 9.10. The number of aryl methyl sites for hydroxylation is 1. The molecule has 0 saturated heterocycles. The summed E-state index contributed by atoms with van der Waals surface area (Å²) in [6, 6.07) is 12.3. The van der Waals surface area contributed by atoms with Crippen LogP contribution in [-0.2, 0) is 27.4 Å². The van der Waals surface area contributed by atoms with Gasteiger partial charge in [0.25, 0.3) is 0 Å². The largest absolute Gasteiger partial charge is 0.473 e. The second-order valence-electron chi connectivity index (χ2n) is 6.60. The Balaban J connectivity index is 0.000000656. The lowest BCUT2D eigenvalue weighted by molar-refractivity contribution is -0.159. The van der Waals surface area contributed by atoms with E-state index in [-0.39, 0.29) is 6.10 Å². The Morgan fingerprint density at radius 1 is 1.23 bits per heavy atom. The number of nitriles is 1. The molecule has 1 aromatic heterocycles. The molecule has 0 fully saturated rings. The molecule has 0 aliphatic carbocycles. The lowest BCUT2D eigenvalue weighted by atomic mass is 10.1. The van der Waals surface area contributed by atoms with Crippen LogP contribution in [0.3, 0.4) is 0 Å². The van der Waals surface area contributed by atoms with Gasteiger partial charge < -0.3 is 20.3 Å². The fraction of sp³-hybridized carbons (Fsp3) is 0.429. The quantitative estimate of drug-likeness (QED) is 0.397. The predicted molar refractivity (Wildman–Crippen MR) is 111 cm³/mol. The number of carboxylic acid groups (broad SMARTS) is 2. The number of carbonyl (C=O) groups is 2. The second kappa shape index (κ2) is 13.9. The smallest absolute Gasteiger partial charge is 0.414 e. The zero-order valence-electron chi connectivity index (χ0n) is 17.2. The Labute approximate surface area is 175 Å². The summed E-state index contributed by atoms with van der Waals surface area (Å²) >= 11 is 0. The van der Waals surface area contributed by atoms with Crippen molar-refractivity contribution in [1.82, 2.24) is 15.1 Å². The minimum atomic E-state index is -1.82. The summed E-state index contributed by atoms with van der Waals surface area (Å²) in [7, 11) is 0. The van der Waals surface area contributed by atoms with E-state index in [0.717, 1.165) is 42.9 Å². The first-order chi connectivity index (χ1) is 14.3. The van der Waals surface area contributed by atoms with Crippen LogP contribution in [0.1, 0.15) is 32.3 Å². The van der Waals surface area contributed by atoms with Crippen molar-refractivity contribution in [3.63, 3.8) is 0 Å². The van der Waals surface area contributed by atoms with Crippen molar-refractivity contribution in [1.29, 1.82) is 5.26 Å². The highest BCUT2D eigenvalue weighted by Crippen LogP contribution is 2.21. The van der Waals surface area contributed by atoms with Crippen LogP contribution in [0.2, 0.25) is 0 Å². The van der Waals surface area contributed by atoms with E-state index in [0.29, 0.717) is 13.0 Å². The molecular weight excluding hydrogens is 388 g/mol. The molecule has 9 nitrogen and oxygen atoms in total. The number of aliphatic carboxylic acids is 2. The third-order valence-electron chi connectivity index (χ3n) is 3.78. The van der Waals surface area contributed by atoms with Crippen molar-refractivity contribution in [3.05, 3.63) is 42.1 Å². The lowest BCUT2D eigenvalue weighted by Gasteiger charge is -2.08. The first kappa shape index (κ1) is 24.8. The molecule has 3 N–H and O–H groups in total. The van der Waals surface area contributed by atoms with Crippen LogP contribution in [-0.4, -0.2) is 51.2 Å². The van der Waals surface area contributed by atoms with Gasteiger partial charge in [0.1, 0.15) is 0 Å². The molecule has 162 valence electrons. The lowest BCUT2D eigenvalue weighted by Crippen LogP contribution is -2.17. The number of nitrogens with one attached hydrogen (secondary N) is 1. The van der Waals surface area contributed by atoms with Gasteiger partial charge in [0.2, 0.25) is 0 Å². The van der Waals surface area contributed by atoms with E-state index in [1.54, 1.807) is 0 Å². The highest BCUT2D eigenvalue weighted by Gasteiger charge is 2.10. The van der Waals surface area contributed by atoms with Crippen molar-refractivity contribution in [2.24, 2.45) is 0 Å². The molecule has 0 unspecified atom stereocenters. The summed E-state index contributed by atoms with van der Waals surface area (Å²) in [5, 5.41) is 31.7. The van der Waals surface area contributed by atoms with Gasteiger partial charge in [-0.05, 0) is 26.8 Å². The second-order valence-corrected chi connectivity index (χ2v) is 6.60. The van der Waals surface area contributed by atoms with E-state index < -0.39 is 11.9 Å². The molecule has 0 bridgehead atoms. The average Bonchev–Trinajstić information content (AvgIpc) is 3.13. The number of benzene rings is 1. The number of nitrogens with zero attached hydrogens (tertiary/aromatic N) is 3. The van der Waals surface area contributed by atoms with Gasteiger partial charge in [-0.1, -0.05) is 30.3 Å². The number of aromatic nitrogens is 2. The number of carboxylic acids is 2.